The molecule has 0 amide bonds. The van der Waals surface area contributed by atoms with Crippen LogP contribution in [-0.2, 0) is 13.1 Å². The van der Waals surface area contributed by atoms with Crippen LogP contribution in [0.2, 0.25) is 0 Å². The van der Waals surface area contributed by atoms with Gasteiger partial charge < -0.3 is 10.2 Å². The van der Waals surface area contributed by atoms with E-state index in [0.29, 0.717) is 12.3 Å². The van der Waals surface area contributed by atoms with E-state index in [9.17, 15) is 10.2 Å². The van der Waals surface area contributed by atoms with Crippen LogP contribution >= 0.6 is 11.3 Å². The average molecular weight is 305 g/mol. The molecule has 0 aliphatic rings. The standard InChI is InChI=1S/C17H23NO2S/c1-3-15(12-19)18(11-16-8-5-9-21-16)10-14-7-4-6-13(2)17(14)20/h4-9,15,19-20H,3,10-12H2,1-2H3/t15-/m1/s1. The van der Waals surface area contributed by atoms with Crippen molar-refractivity contribution in [2.75, 3.05) is 6.61 Å². The molecular formula is C17H23NO2S. The van der Waals surface area contributed by atoms with Crippen molar-refractivity contribution < 1.29 is 10.2 Å². The number of thiophene rings is 1. The Hall–Kier alpha value is -1.36. The summed E-state index contributed by atoms with van der Waals surface area (Å²) in [4.78, 5) is 3.51. The van der Waals surface area contributed by atoms with Crippen molar-refractivity contribution in [2.24, 2.45) is 0 Å². The molecule has 0 saturated heterocycles. The van der Waals surface area contributed by atoms with Gasteiger partial charge in [0.1, 0.15) is 5.75 Å². The van der Waals surface area contributed by atoms with Crippen molar-refractivity contribution in [3.05, 3.63) is 51.7 Å². The van der Waals surface area contributed by atoms with E-state index in [1.54, 1.807) is 11.3 Å². The van der Waals surface area contributed by atoms with Gasteiger partial charge >= 0.3 is 0 Å². The molecule has 2 N–H and O–H groups in total. The summed E-state index contributed by atoms with van der Waals surface area (Å²) in [7, 11) is 0. The number of nitrogens with zero attached hydrogens (tertiary/aromatic N) is 1. The van der Waals surface area contributed by atoms with Crippen molar-refractivity contribution >= 4 is 11.3 Å². The minimum Gasteiger partial charge on any atom is -0.507 e. The highest BCUT2D eigenvalue weighted by Gasteiger charge is 2.19. The third-order valence-electron chi connectivity index (χ3n) is 3.83. The van der Waals surface area contributed by atoms with Gasteiger partial charge in [-0.3, -0.25) is 4.90 Å². The van der Waals surface area contributed by atoms with Gasteiger partial charge in [0.15, 0.2) is 0 Å². The highest BCUT2D eigenvalue weighted by Crippen LogP contribution is 2.25. The fourth-order valence-electron chi connectivity index (χ4n) is 2.49. The Morgan fingerprint density at radius 2 is 2.00 bits per heavy atom. The van der Waals surface area contributed by atoms with E-state index in [0.717, 1.165) is 24.1 Å². The van der Waals surface area contributed by atoms with Crippen LogP contribution in [0.1, 0.15) is 29.3 Å². The molecule has 0 fully saturated rings. The van der Waals surface area contributed by atoms with Gasteiger partial charge in [-0.1, -0.05) is 31.2 Å². The Morgan fingerprint density at radius 3 is 2.62 bits per heavy atom. The van der Waals surface area contributed by atoms with E-state index in [1.165, 1.54) is 4.88 Å². The monoisotopic (exact) mass is 305 g/mol. The summed E-state index contributed by atoms with van der Waals surface area (Å²) in [5.74, 6) is 0.362. The van der Waals surface area contributed by atoms with Crippen molar-refractivity contribution in [1.29, 1.82) is 0 Å². The lowest BCUT2D eigenvalue weighted by Gasteiger charge is -2.29. The fraction of sp³-hybridized carbons (Fsp3) is 0.412. The molecule has 0 saturated carbocycles. The maximum atomic E-state index is 10.2. The lowest BCUT2D eigenvalue weighted by molar-refractivity contribution is 0.107. The zero-order valence-corrected chi connectivity index (χ0v) is 13.4. The number of hydrogen-bond acceptors (Lipinski definition) is 4. The molecule has 2 rings (SSSR count). The van der Waals surface area contributed by atoms with Crippen molar-refractivity contribution in [3.8, 4) is 5.75 Å². The second-order valence-electron chi connectivity index (χ2n) is 5.31. The molecule has 1 heterocycles. The van der Waals surface area contributed by atoms with E-state index in [1.807, 2.05) is 31.2 Å². The molecule has 1 aromatic carbocycles. The van der Waals surface area contributed by atoms with Gasteiger partial charge in [0.25, 0.3) is 0 Å². The van der Waals surface area contributed by atoms with Crippen LogP contribution < -0.4 is 0 Å². The number of aryl methyl sites for hydroxylation is 1. The van der Waals surface area contributed by atoms with Gasteiger partial charge in [0.2, 0.25) is 0 Å². The molecule has 114 valence electrons. The molecule has 0 aliphatic carbocycles. The number of hydrogen-bond donors (Lipinski definition) is 2. The zero-order valence-electron chi connectivity index (χ0n) is 12.6. The first-order chi connectivity index (χ1) is 10.2. The summed E-state index contributed by atoms with van der Waals surface area (Å²) in [5, 5.41) is 21.9. The third kappa shape index (κ3) is 4.06. The van der Waals surface area contributed by atoms with Crippen LogP contribution in [0.5, 0.6) is 5.75 Å². The van der Waals surface area contributed by atoms with E-state index in [-0.39, 0.29) is 12.6 Å². The van der Waals surface area contributed by atoms with Gasteiger partial charge in [-0.2, -0.15) is 0 Å². The lowest BCUT2D eigenvalue weighted by Crippen LogP contribution is -2.36. The van der Waals surface area contributed by atoms with Gasteiger partial charge in [-0.25, -0.2) is 0 Å². The smallest absolute Gasteiger partial charge is 0.122 e. The third-order valence-corrected chi connectivity index (χ3v) is 4.69. The molecule has 0 spiro atoms. The second-order valence-corrected chi connectivity index (χ2v) is 6.34. The molecule has 0 unspecified atom stereocenters. The molecule has 0 radical (unpaired) electrons. The van der Waals surface area contributed by atoms with Crippen LogP contribution in [0.4, 0.5) is 0 Å². The second kappa shape index (κ2) is 7.59. The summed E-state index contributed by atoms with van der Waals surface area (Å²) in [6.45, 7) is 5.56. The number of phenols is 1. The zero-order chi connectivity index (χ0) is 15.2. The number of benzene rings is 1. The number of aromatic hydroxyl groups is 1. The quantitative estimate of drug-likeness (QED) is 0.822. The predicted molar refractivity (Wildman–Crippen MR) is 87.6 cm³/mol. The van der Waals surface area contributed by atoms with Crippen LogP contribution in [0.15, 0.2) is 35.7 Å². The van der Waals surface area contributed by atoms with Crippen molar-refractivity contribution in [3.63, 3.8) is 0 Å². The topological polar surface area (TPSA) is 43.7 Å². The summed E-state index contributed by atoms with van der Waals surface area (Å²) >= 11 is 1.72. The molecule has 21 heavy (non-hydrogen) atoms. The molecular weight excluding hydrogens is 282 g/mol. The van der Waals surface area contributed by atoms with E-state index in [2.05, 4.69) is 23.3 Å². The van der Waals surface area contributed by atoms with Gasteiger partial charge in [0.05, 0.1) is 6.61 Å². The highest BCUT2D eigenvalue weighted by atomic mass is 32.1. The molecule has 3 nitrogen and oxygen atoms in total. The van der Waals surface area contributed by atoms with E-state index in [4.69, 9.17) is 0 Å². The first-order valence-electron chi connectivity index (χ1n) is 7.30. The minimum absolute atomic E-state index is 0.104. The Labute approximate surface area is 130 Å². The van der Waals surface area contributed by atoms with Gasteiger partial charge in [-0.15, -0.1) is 11.3 Å². The number of phenolic OH excluding ortho intramolecular Hbond substituents is 1. The summed E-state index contributed by atoms with van der Waals surface area (Å²) < 4.78 is 0. The maximum Gasteiger partial charge on any atom is 0.122 e. The molecule has 1 aromatic heterocycles. The number of aliphatic hydroxyl groups is 1. The molecule has 2 aromatic rings. The number of aliphatic hydroxyl groups excluding tert-OH is 1. The molecule has 4 heteroatoms. The first-order valence-corrected chi connectivity index (χ1v) is 8.18. The van der Waals surface area contributed by atoms with Crippen LogP contribution in [0.25, 0.3) is 0 Å². The fourth-order valence-corrected chi connectivity index (χ4v) is 3.22. The maximum absolute atomic E-state index is 10.2. The Bertz CT molecular complexity index is 550. The lowest BCUT2D eigenvalue weighted by atomic mass is 10.1. The first kappa shape index (κ1) is 16.0. The van der Waals surface area contributed by atoms with Crippen LogP contribution in [0, 0.1) is 6.92 Å². The van der Waals surface area contributed by atoms with Gasteiger partial charge in [-0.05, 0) is 30.4 Å². The largest absolute Gasteiger partial charge is 0.507 e. The Morgan fingerprint density at radius 1 is 1.19 bits per heavy atom. The predicted octanol–water partition coefficient (Wildman–Crippen LogP) is 3.54. The molecule has 0 bridgehead atoms. The molecule has 0 aliphatic heterocycles. The minimum atomic E-state index is 0.104. The molecule has 1 atom stereocenters. The summed E-state index contributed by atoms with van der Waals surface area (Å²) in [6, 6.07) is 10.1. The van der Waals surface area contributed by atoms with E-state index >= 15 is 0 Å². The van der Waals surface area contributed by atoms with Crippen molar-refractivity contribution in [2.45, 2.75) is 39.4 Å². The summed E-state index contributed by atoms with van der Waals surface area (Å²) in [5.41, 5.74) is 1.80. The number of rotatable bonds is 7. The summed E-state index contributed by atoms with van der Waals surface area (Å²) in [6.07, 6.45) is 0.883. The van der Waals surface area contributed by atoms with Crippen LogP contribution in [-0.4, -0.2) is 27.8 Å². The van der Waals surface area contributed by atoms with Crippen LogP contribution in [0.3, 0.4) is 0 Å². The SMILES string of the molecule is CC[C@H](CO)N(Cc1cccs1)Cc1cccc(C)c1O. The Balaban J connectivity index is 2.20. The van der Waals surface area contributed by atoms with Crippen molar-refractivity contribution in [1.82, 2.24) is 4.90 Å². The van der Waals surface area contributed by atoms with E-state index < -0.39 is 0 Å². The normalized spacial score (nSPS) is 12.8. The number of para-hydroxylation sites is 1. The highest BCUT2D eigenvalue weighted by molar-refractivity contribution is 7.09. The Kier molecular flexibility index (Phi) is 5.79. The average Bonchev–Trinajstić information content (AvgIpc) is 2.98. The van der Waals surface area contributed by atoms with Gasteiger partial charge in [0, 0.05) is 29.6 Å².